The molecule has 2 amide bonds. The molecule has 3 fully saturated rings. The second-order valence-electron chi connectivity index (χ2n) is 9.78. The summed E-state index contributed by atoms with van der Waals surface area (Å²) in [7, 11) is 1.12. The van der Waals surface area contributed by atoms with E-state index in [1.807, 2.05) is 0 Å². The second kappa shape index (κ2) is 11.4. The lowest BCUT2D eigenvalue weighted by Gasteiger charge is -2.46. The van der Waals surface area contributed by atoms with Gasteiger partial charge in [-0.2, -0.15) is 26.3 Å². The van der Waals surface area contributed by atoms with Gasteiger partial charge in [0.05, 0.1) is 17.7 Å². The van der Waals surface area contributed by atoms with E-state index in [1.165, 1.54) is 0 Å². The number of allylic oxidation sites excluding steroid dienone is 1. The van der Waals surface area contributed by atoms with Crippen molar-refractivity contribution in [1.29, 1.82) is 0 Å². The molecule has 0 aromatic heterocycles. The normalized spacial score (nSPS) is 19.4. The van der Waals surface area contributed by atoms with E-state index in [0.717, 1.165) is 61.5 Å². The number of fused-ring (bicyclic) bond motifs is 2. The number of piperidine rings is 2. The first-order valence-electron chi connectivity index (χ1n) is 12.4. The summed E-state index contributed by atoms with van der Waals surface area (Å²) in [6.07, 6.45) is -8.56. The van der Waals surface area contributed by atoms with Gasteiger partial charge in [0.25, 0.3) is 0 Å². The number of anilines is 1. The molecule has 2 saturated heterocycles. The summed E-state index contributed by atoms with van der Waals surface area (Å²) < 4.78 is 101. The highest BCUT2D eigenvalue weighted by molar-refractivity contribution is 6.11. The first-order valence-corrected chi connectivity index (χ1v) is 12.4. The molecule has 2 aromatic rings. The highest BCUT2D eigenvalue weighted by Gasteiger charge is 2.43. The van der Waals surface area contributed by atoms with Crippen molar-refractivity contribution in [2.75, 3.05) is 31.6 Å². The monoisotopic (exact) mass is 586 g/mol. The van der Waals surface area contributed by atoms with Crippen LogP contribution in [0.15, 0.2) is 47.6 Å². The molecule has 1 aliphatic carbocycles. The summed E-state index contributed by atoms with van der Waals surface area (Å²) in [4.78, 5) is 31.6. The van der Waals surface area contributed by atoms with Gasteiger partial charge in [-0.05, 0) is 55.2 Å². The van der Waals surface area contributed by atoms with Gasteiger partial charge in [0.15, 0.2) is 5.75 Å². The third-order valence-electron chi connectivity index (χ3n) is 6.99. The average molecular weight is 587 g/mol. The molecule has 220 valence electrons. The lowest BCUT2D eigenvalue weighted by molar-refractivity contribution is -0.149. The number of nitrogens with zero attached hydrogens (tertiary/aromatic N) is 3. The van der Waals surface area contributed by atoms with Crippen LogP contribution in [0.3, 0.4) is 0 Å². The molecule has 0 unspecified atom stereocenters. The number of hydrogen-bond acceptors (Lipinski definition) is 5. The Labute approximate surface area is 230 Å². The summed E-state index contributed by atoms with van der Waals surface area (Å²) in [5, 5.41) is 0. The zero-order valence-corrected chi connectivity index (χ0v) is 21.6. The number of ether oxygens (including phenoxy) is 1. The van der Waals surface area contributed by atoms with E-state index in [9.17, 15) is 40.3 Å². The van der Waals surface area contributed by atoms with Crippen molar-refractivity contribution in [1.82, 2.24) is 4.90 Å². The Kier molecular flexibility index (Phi) is 8.31. The van der Waals surface area contributed by atoms with Crippen LogP contribution < -0.4 is 15.4 Å². The quantitative estimate of drug-likeness (QED) is 0.331. The van der Waals surface area contributed by atoms with Crippen LogP contribution in [-0.4, -0.2) is 49.8 Å². The lowest BCUT2D eigenvalue weighted by Crippen LogP contribution is -2.53. The molecular weight excluding hydrogens is 561 g/mol. The maximum atomic E-state index is 14.0. The van der Waals surface area contributed by atoms with Crippen LogP contribution in [0.4, 0.5) is 41.2 Å². The Morgan fingerprint density at radius 3 is 2.34 bits per heavy atom. The van der Waals surface area contributed by atoms with Gasteiger partial charge in [0, 0.05) is 55.3 Å². The van der Waals surface area contributed by atoms with Crippen molar-refractivity contribution in [3.63, 3.8) is 0 Å². The number of halogens is 7. The maximum Gasteiger partial charge on any atom is 0.420 e. The van der Waals surface area contributed by atoms with Crippen LogP contribution in [0.2, 0.25) is 0 Å². The van der Waals surface area contributed by atoms with E-state index in [1.54, 1.807) is 4.90 Å². The SMILES string of the molecule is CN(C(=O)Oc1c(C(C=NCCN2CC3CC(C3)C2=O)=CN)cc(C(F)(F)F)cc1C(F)(F)F)c1ccc(F)cc1. The van der Waals surface area contributed by atoms with Gasteiger partial charge in [-0.25, -0.2) is 9.18 Å². The molecule has 7 nitrogen and oxygen atoms in total. The van der Waals surface area contributed by atoms with E-state index in [0.29, 0.717) is 18.5 Å². The Hall–Kier alpha value is -4.10. The number of aliphatic imine (C=N–C) groups is 1. The largest absolute Gasteiger partial charge is 0.420 e. The van der Waals surface area contributed by atoms with Gasteiger partial charge < -0.3 is 15.4 Å². The van der Waals surface area contributed by atoms with Crippen LogP contribution in [0, 0.1) is 17.7 Å². The predicted octanol–water partition coefficient (Wildman–Crippen LogP) is 5.74. The molecule has 0 atom stereocenters. The zero-order chi connectivity index (χ0) is 30.1. The van der Waals surface area contributed by atoms with Crippen molar-refractivity contribution < 1.29 is 45.1 Å². The second-order valence-corrected chi connectivity index (χ2v) is 9.78. The van der Waals surface area contributed by atoms with Crippen LogP contribution in [0.25, 0.3) is 5.57 Å². The van der Waals surface area contributed by atoms with Gasteiger partial charge in [-0.1, -0.05) is 0 Å². The summed E-state index contributed by atoms with van der Waals surface area (Å²) >= 11 is 0. The van der Waals surface area contributed by atoms with Gasteiger partial charge in [-0.15, -0.1) is 0 Å². The Bertz CT molecular complexity index is 1360. The first kappa shape index (κ1) is 29.9. The Balaban J connectivity index is 1.67. The molecule has 2 aromatic carbocycles. The summed E-state index contributed by atoms with van der Waals surface area (Å²) in [6, 6.07) is 4.52. The van der Waals surface area contributed by atoms with Crippen LogP contribution >= 0.6 is 0 Å². The molecule has 14 heteroatoms. The summed E-state index contributed by atoms with van der Waals surface area (Å²) in [6.45, 7) is 0.783. The topological polar surface area (TPSA) is 88.2 Å². The van der Waals surface area contributed by atoms with Gasteiger partial charge in [-0.3, -0.25) is 14.7 Å². The molecule has 2 bridgehead atoms. The number of carbonyl (C=O) groups is 2. The minimum atomic E-state index is -5.37. The standard InChI is InChI=1S/C27H25F7N4O3/c1-37(20-4-2-19(28)3-5-20)25(40)41-23-21(10-18(26(29,30)31)11-22(23)27(32,33)34)17(12-35)13-36-6-7-38-14-15-8-16(9-15)24(38)39/h2-5,10-13,15-16H,6-9,14,35H2,1H3. The van der Waals surface area contributed by atoms with Gasteiger partial charge in [0.1, 0.15) is 5.82 Å². The molecule has 3 aliphatic rings. The number of nitrogens with two attached hydrogens (primary N) is 1. The molecule has 2 N–H and O–H groups in total. The van der Waals surface area contributed by atoms with E-state index in [2.05, 4.69) is 4.99 Å². The van der Waals surface area contributed by atoms with Crippen molar-refractivity contribution in [2.45, 2.75) is 25.2 Å². The fraction of sp³-hybridized carbons (Fsp3) is 0.370. The van der Waals surface area contributed by atoms with E-state index < -0.39 is 46.7 Å². The summed E-state index contributed by atoms with van der Waals surface area (Å²) in [5.41, 5.74) is 0.941. The molecule has 0 radical (unpaired) electrons. The predicted molar refractivity (Wildman–Crippen MR) is 136 cm³/mol. The van der Waals surface area contributed by atoms with Crippen LogP contribution in [-0.2, 0) is 17.1 Å². The Morgan fingerprint density at radius 1 is 1.12 bits per heavy atom. The summed E-state index contributed by atoms with van der Waals surface area (Å²) in [5.74, 6) is -1.48. The van der Waals surface area contributed by atoms with Gasteiger partial charge in [0.2, 0.25) is 5.91 Å². The third kappa shape index (κ3) is 6.63. The van der Waals surface area contributed by atoms with Crippen LogP contribution in [0.5, 0.6) is 5.75 Å². The third-order valence-corrected chi connectivity index (χ3v) is 6.99. The smallest absolute Gasteiger partial charge is 0.409 e. The van der Waals surface area contributed by atoms with Gasteiger partial charge >= 0.3 is 18.4 Å². The number of amides is 2. The molecule has 0 spiro atoms. The first-order chi connectivity index (χ1) is 19.2. The minimum Gasteiger partial charge on any atom is -0.409 e. The number of rotatable bonds is 7. The van der Waals surface area contributed by atoms with Crippen molar-refractivity contribution >= 4 is 29.5 Å². The molecule has 2 aliphatic heterocycles. The molecule has 5 rings (SSSR count). The number of benzene rings is 2. The molecule has 41 heavy (non-hydrogen) atoms. The number of alkyl halides is 6. The number of hydrogen-bond donors (Lipinski definition) is 1. The van der Waals surface area contributed by atoms with E-state index >= 15 is 0 Å². The fourth-order valence-electron chi connectivity index (χ4n) is 4.74. The van der Waals surface area contributed by atoms with Crippen LogP contribution in [0.1, 0.15) is 29.5 Å². The van der Waals surface area contributed by atoms with Crippen molar-refractivity contribution in [3.8, 4) is 5.75 Å². The zero-order valence-electron chi connectivity index (χ0n) is 21.6. The van der Waals surface area contributed by atoms with Crippen molar-refractivity contribution in [3.05, 3.63) is 65.1 Å². The number of carbonyl (C=O) groups excluding carboxylic acids is 2. The maximum absolute atomic E-state index is 14.0. The molecule has 1 saturated carbocycles. The molecule has 2 heterocycles. The van der Waals surface area contributed by atoms with E-state index in [4.69, 9.17) is 10.5 Å². The highest BCUT2D eigenvalue weighted by Crippen LogP contribution is 2.45. The lowest BCUT2D eigenvalue weighted by atomic mass is 9.70. The van der Waals surface area contributed by atoms with E-state index in [-0.39, 0.29) is 42.2 Å². The average Bonchev–Trinajstić information content (AvgIpc) is 2.87. The highest BCUT2D eigenvalue weighted by atomic mass is 19.4. The minimum absolute atomic E-state index is 0.00976. The van der Waals surface area contributed by atoms with Crippen molar-refractivity contribution in [2.24, 2.45) is 22.6 Å². The molecular formula is C27H25F7N4O3. The Morgan fingerprint density at radius 2 is 1.78 bits per heavy atom. The fourth-order valence-corrected chi connectivity index (χ4v) is 4.74.